The van der Waals surface area contributed by atoms with Crippen molar-refractivity contribution in [3.63, 3.8) is 0 Å². The Morgan fingerprint density at radius 2 is 1.62 bits per heavy atom. The predicted octanol–water partition coefficient (Wildman–Crippen LogP) is 4.10. The number of benzene rings is 2. The highest BCUT2D eigenvalue weighted by atomic mass is 16.6. The van der Waals surface area contributed by atoms with Crippen molar-refractivity contribution in [3.05, 3.63) is 70.8 Å². The van der Waals surface area contributed by atoms with Gasteiger partial charge < -0.3 is 9.47 Å². The molecule has 0 fully saturated rings. The van der Waals surface area contributed by atoms with Crippen molar-refractivity contribution in [3.8, 4) is 0 Å². The zero-order valence-corrected chi connectivity index (χ0v) is 14.2. The van der Waals surface area contributed by atoms with Crippen molar-refractivity contribution in [1.82, 2.24) is 0 Å². The molecule has 4 nitrogen and oxygen atoms in total. The minimum absolute atomic E-state index is 0.203. The molecule has 0 aliphatic heterocycles. The highest BCUT2D eigenvalue weighted by Crippen LogP contribution is 2.10. The van der Waals surface area contributed by atoms with Crippen molar-refractivity contribution < 1.29 is 19.1 Å². The second kappa shape index (κ2) is 8.29. The van der Waals surface area contributed by atoms with Crippen LogP contribution in [0.15, 0.2) is 48.5 Å². The first-order valence-electron chi connectivity index (χ1n) is 7.97. The predicted molar refractivity (Wildman–Crippen MR) is 92.1 cm³/mol. The maximum atomic E-state index is 12.0. The standard InChI is InChI=1S/C20H22O4/c1-14-7-9-17(10-8-14)19(21)23-12-11-16(3)24-20(22)18-6-4-5-15(2)13-18/h4-10,13,16H,11-12H2,1-3H3. The van der Waals surface area contributed by atoms with Gasteiger partial charge in [0, 0.05) is 6.42 Å². The molecule has 0 aromatic heterocycles. The summed E-state index contributed by atoms with van der Waals surface area (Å²) < 4.78 is 10.6. The molecule has 0 amide bonds. The molecule has 0 heterocycles. The van der Waals surface area contributed by atoms with E-state index in [1.165, 1.54) is 0 Å². The Labute approximate surface area is 142 Å². The lowest BCUT2D eigenvalue weighted by Gasteiger charge is -2.13. The number of hydrogen-bond donors (Lipinski definition) is 0. The number of esters is 2. The van der Waals surface area contributed by atoms with E-state index in [-0.39, 0.29) is 24.6 Å². The van der Waals surface area contributed by atoms with Crippen LogP contribution >= 0.6 is 0 Å². The minimum atomic E-state index is -0.368. The molecule has 2 rings (SSSR count). The normalized spacial score (nSPS) is 11.6. The lowest BCUT2D eigenvalue weighted by Crippen LogP contribution is -2.18. The smallest absolute Gasteiger partial charge is 0.338 e. The van der Waals surface area contributed by atoms with Crippen molar-refractivity contribution in [2.45, 2.75) is 33.3 Å². The van der Waals surface area contributed by atoms with Gasteiger partial charge in [-0.2, -0.15) is 0 Å². The second-order valence-corrected chi connectivity index (χ2v) is 5.88. The molecule has 0 aliphatic rings. The van der Waals surface area contributed by atoms with Crippen LogP contribution in [0.25, 0.3) is 0 Å². The monoisotopic (exact) mass is 326 g/mol. The zero-order valence-electron chi connectivity index (χ0n) is 14.2. The maximum absolute atomic E-state index is 12.0. The average molecular weight is 326 g/mol. The van der Waals surface area contributed by atoms with Crippen LogP contribution in [0.1, 0.15) is 45.2 Å². The first kappa shape index (κ1) is 17.7. The molecule has 24 heavy (non-hydrogen) atoms. The van der Waals surface area contributed by atoms with Gasteiger partial charge in [0.15, 0.2) is 0 Å². The molecule has 0 spiro atoms. The van der Waals surface area contributed by atoms with Crippen molar-refractivity contribution in [2.75, 3.05) is 6.61 Å². The number of carbonyl (C=O) groups is 2. The summed E-state index contributed by atoms with van der Waals surface area (Å²) in [4.78, 5) is 23.9. The van der Waals surface area contributed by atoms with Crippen molar-refractivity contribution >= 4 is 11.9 Å². The van der Waals surface area contributed by atoms with Crippen molar-refractivity contribution in [2.24, 2.45) is 0 Å². The van der Waals surface area contributed by atoms with Crippen LogP contribution in [0.3, 0.4) is 0 Å². The van der Waals surface area contributed by atoms with Gasteiger partial charge in [0.05, 0.1) is 17.7 Å². The summed E-state index contributed by atoms with van der Waals surface area (Å²) in [5.41, 5.74) is 3.14. The lowest BCUT2D eigenvalue weighted by atomic mass is 10.1. The van der Waals surface area contributed by atoms with Gasteiger partial charge in [-0.3, -0.25) is 0 Å². The molecule has 0 aliphatic carbocycles. The Morgan fingerprint density at radius 1 is 0.917 bits per heavy atom. The summed E-state index contributed by atoms with van der Waals surface area (Å²) in [6, 6.07) is 14.4. The van der Waals surface area contributed by atoms with E-state index in [1.807, 2.05) is 38.1 Å². The van der Waals surface area contributed by atoms with Gasteiger partial charge in [-0.15, -0.1) is 0 Å². The number of hydrogen-bond acceptors (Lipinski definition) is 4. The molecule has 4 heteroatoms. The molecule has 2 aromatic rings. The first-order chi connectivity index (χ1) is 11.5. The fraction of sp³-hybridized carbons (Fsp3) is 0.300. The summed E-state index contributed by atoms with van der Waals surface area (Å²) >= 11 is 0. The van der Waals surface area contributed by atoms with E-state index in [0.29, 0.717) is 17.5 Å². The van der Waals surface area contributed by atoms with Gasteiger partial charge in [-0.1, -0.05) is 35.4 Å². The van der Waals surface area contributed by atoms with Gasteiger partial charge in [0.2, 0.25) is 0 Å². The van der Waals surface area contributed by atoms with E-state index in [1.54, 1.807) is 31.2 Å². The molecule has 0 saturated carbocycles. The van der Waals surface area contributed by atoms with Crippen molar-refractivity contribution in [1.29, 1.82) is 0 Å². The molecule has 2 aromatic carbocycles. The molecule has 0 radical (unpaired) electrons. The number of rotatable bonds is 6. The second-order valence-electron chi connectivity index (χ2n) is 5.88. The molecule has 0 saturated heterocycles. The largest absolute Gasteiger partial charge is 0.462 e. The number of aryl methyl sites for hydroxylation is 2. The molecule has 1 atom stereocenters. The average Bonchev–Trinajstić information content (AvgIpc) is 2.55. The van der Waals surface area contributed by atoms with Crippen LogP contribution in [0, 0.1) is 13.8 Å². The maximum Gasteiger partial charge on any atom is 0.338 e. The van der Waals surface area contributed by atoms with Gasteiger partial charge in [-0.25, -0.2) is 9.59 Å². The number of carbonyl (C=O) groups excluding carboxylic acids is 2. The van der Waals surface area contributed by atoms with Crippen LogP contribution in [0.2, 0.25) is 0 Å². The SMILES string of the molecule is Cc1ccc(C(=O)OCCC(C)OC(=O)c2cccc(C)c2)cc1. The summed E-state index contributed by atoms with van der Waals surface area (Å²) in [7, 11) is 0. The third kappa shape index (κ3) is 5.23. The molecule has 0 bridgehead atoms. The van der Waals surface area contributed by atoms with Gasteiger partial charge in [0.1, 0.15) is 6.10 Å². The van der Waals surface area contributed by atoms with E-state index in [2.05, 4.69) is 0 Å². The highest BCUT2D eigenvalue weighted by Gasteiger charge is 2.13. The van der Waals surface area contributed by atoms with E-state index in [9.17, 15) is 9.59 Å². The Hall–Kier alpha value is -2.62. The fourth-order valence-corrected chi connectivity index (χ4v) is 2.17. The van der Waals surface area contributed by atoms with Crippen LogP contribution in [0.4, 0.5) is 0 Å². The summed E-state index contributed by atoms with van der Waals surface area (Å²) in [5.74, 6) is -0.733. The Bertz CT molecular complexity index is 704. The van der Waals surface area contributed by atoms with Gasteiger partial charge >= 0.3 is 11.9 Å². The van der Waals surface area contributed by atoms with Crippen LogP contribution < -0.4 is 0 Å². The van der Waals surface area contributed by atoms with Crippen LogP contribution in [-0.4, -0.2) is 24.6 Å². The fourth-order valence-electron chi connectivity index (χ4n) is 2.17. The van der Waals surface area contributed by atoms with Gasteiger partial charge in [0.25, 0.3) is 0 Å². The molecule has 126 valence electrons. The first-order valence-corrected chi connectivity index (χ1v) is 7.97. The van der Waals surface area contributed by atoms with Crippen LogP contribution in [-0.2, 0) is 9.47 Å². The Morgan fingerprint density at radius 3 is 2.29 bits per heavy atom. The van der Waals surface area contributed by atoms with Gasteiger partial charge in [-0.05, 0) is 45.0 Å². The Balaban J connectivity index is 1.76. The van der Waals surface area contributed by atoms with E-state index >= 15 is 0 Å². The molecular formula is C20H22O4. The summed E-state index contributed by atoms with van der Waals surface area (Å²) in [6.45, 7) is 5.87. The van der Waals surface area contributed by atoms with Crippen LogP contribution in [0.5, 0.6) is 0 Å². The van der Waals surface area contributed by atoms with E-state index in [0.717, 1.165) is 11.1 Å². The highest BCUT2D eigenvalue weighted by molar-refractivity contribution is 5.90. The molecular weight excluding hydrogens is 304 g/mol. The summed E-state index contributed by atoms with van der Waals surface area (Å²) in [5, 5.41) is 0. The minimum Gasteiger partial charge on any atom is -0.462 e. The topological polar surface area (TPSA) is 52.6 Å². The third-order valence-electron chi connectivity index (χ3n) is 3.61. The van der Waals surface area contributed by atoms with E-state index in [4.69, 9.17) is 9.47 Å². The zero-order chi connectivity index (χ0) is 17.5. The summed E-state index contributed by atoms with van der Waals surface area (Å²) in [6.07, 6.45) is 0.124. The van der Waals surface area contributed by atoms with E-state index < -0.39 is 0 Å². The molecule has 0 N–H and O–H groups in total. The Kier molecular flexibility index (Phi) is 6.13. The molecule has 1 unspecified atom stereocenters. The third-order valence-corrected chi connectivity index (χ3v) is 3.61. The lowest BCUT2D eigenvalue weighted by molar-refractivity contribution is 0.0228. The number of ether oxygens (including phenoxy) is 2. The quantitative estimate of drug-likeness (QED) is 0.750.